The molecule has 0 bridgehead atoms. The number of benzene rings is 2. The minimum atomic E-state index is -0.242. The highest BCUT2D eigenvalue weighted by atomic mass is 16.2. The third-order valence-electron chi connectivity index (χ3n) is 4.13. The van der Waals surface area contributed by atoms with Gasteiger partial charge in [-0.25, -0.2) is 4.98 Å². The van der Waals surface area contributed by atoms with E-state index in [1.807, 2.05) is 61.5 Å². The van der Waals surface area contributed by atoms with Crippen LogP contribution in [-0.2, 0) is 17.8 Å². The van der Waals surface area contributed by atoms with Gasteiger partial charge in [-0.3, -0.25) is 14.2 Å². The van der Waals surface area contributed by atoms with Crippen LogP contribution >= 0.6 is 0 Å². The molecule has 0 atom stereocenters. The quantitative estimate of drug-likeness (QED) is 0.745. The molecule has 0 radical (unpaired) electrons. The molecule has 0 aliphatic heterocycles. The molecule has 0 saturated carbocycles. The van der Waals surface area contributed by atoms with E-state index in [9.17, 15) is 9.59 Å². The van der Waals surface area contributed by atoms with Gasteiger partial charge in [0.1, 0.15) is 12.4 Å². The molecule has 1 N–H and O–H groups in total. The van der Waals surface area contributed by atoms with E-state index in [2.05, 4.69) is 10.3 Å². The Hall–Kier alpha value is -3.21. The molecule has 26 heavy (non-hydrogen) atoms. The highest BCUT2D eigenvalue weighted by molar-refractivity contribution is 5.76. The second kappa shape index (κ2) is 8.25. The molecule has 0 aliphatic rings. The number of hydrogen-bond acceptors (Lipinski definition) is 3. The van der Waals surface area contributed by atoms with Crippen molar-refractivity contribution >= 4 is 5.91 Å². The summed E-state index contributed by atoms with van der Waals surface area (Å²) in [5.74, 6) is 0.292. The first-order chi connectivity index (χ1) is 12.6. The van der Waals surface area contributed by atoms with Gasteiger partial charge in [-0.05, 0) is 18.9 Å². The normalized spacial score (nSPS) is 10.5. The summed E-state index contributed by atoms with van der Waals surface area (Å²) in [5.41, 5.74) is 2.85. The van der Waals surface area contributed by atoms with Crippen molar-refractivity contribution in [3.63, 3.8) is 0 Å². The first-order valence-corrected chi connectivity index (χ1v) is 8.57. The Balaban J connectivity index is 1.70. The van der Waals surface area contributed by atoms with Crippen LogP contribution in [0.5, 0.6) is 0 Å². The fourth-order valence-corrected chi connectivity index (χ4v) is 2.71. The van der Waals surface area contributed by atoms with E-state index >= 15 is 0 Å². The average molecular weight is 347 g/mol. The summed E-state index contributed by atoms with van der Waals surface area (Å²) in [4.78, 5) is 28.9. The summed E-state index contributed by atoms with van der Waals surface area (Å²) < 4.78 is 1.41. The molecule has 1 heterocycles. The fourth-order valence-electron chi connectivity index (χ4n) is 2.71. The van der Waals surface area contributed by atoms with Crippen LogP contribution in [-0.4, -0.2) is 22.0 Å². The number of nitrogens with one attached hydrogen (secondary N) is 1. The highest BCUT2D eigenvalue weighted by Crippen LogP contribution is 2.15. The summed E-state index contributed by atoms with van der Waals surface area (Å²) >= 11 is 0. The maximum Gasteiger partial charge on any atom is 0.254 e. The fraction of sp³-hybridized carbons (Fsp3) is 0.190. The summed E-state index contributed by atoms with van der Waals surface area (Å²) in [7, 11) is 0. The maximum absolute atomic E-state index is 12.3. The maximum atomic E-state index is 12.3. The van der Waals surface area contributed by atoms with Gasteiger partial charge in [0.15, 0.2) is 0 Å². The van der Waals surface area contributed by atoms with Crippen molar-refractivity contribution in [1.29, 1.82) is 0 Å². The van der Waals surface area contributed by atoms with Crippen LogP contribution in [0.3, 0.4) is 0 Å². The van der Waals surface area contributed by atoms with Crippen molar-refractivity contribution in [1.82, 2.24) is 14.9 Å². The molecule has 0 spiro atoms. The molecule has 1 amide bonds. The van der Waals surface area contributed by atoms with Crippen molar-refractivity contribution in [2.45, 2.75) is 19.9 Å². The molecule has 0 unspecified atom stereocenters. The van der Waals surface area contributed by atoms with Crippen molar-refractivity contribution < 1.29 is 4.79 Å². The van der Waals surface area contributed by atoms with E-state index in [1.54, 1.807) is 0 Å². The first kappa shape index (κ1) is 17.6. The second-order valence-electron chi connectivity index (χ2n) is 6.14. The number of amides is 1. The standard InChI is InChI=1S/C21H21N3O2/c1-16-7-9-18(10-8-16)21-23-14-12-20(26)24(21)15-19(25)22-13-11-17-5-3-2-4-6-17/h2-10,12,14H,11,13,15H2,1H3,(H,22,25). The molecule has 1 aromatic heterocycles. The zero-order valence-corrected chi connectivity index (χ0v) is 14.7. The average Bonchev–Trinajstić information content (AvgIpc) is 2.65. The minimum absolute atomic E-state index is 0.0509. The molecule has 0 saturated heterocycles. The Bertz CT molecular complexity index is 931. The van der Waals surface area contributed by atoms with E-state index in [1.165, 1.54) is 16.8 Å². The van der Waals surface area contributed by atoms with Gasteiger partial charge in [0.25, 0.3) is 5.56 Å². The lowest BCUT2D eigenvalue weighted by Crippen LogP contribution is -2.34. The number of aromatic nitrogens is 2. The monoisotopic (exact) mass is 347 g/mol. The molecule has 5 nitrogen and oxygen atoms in total. The number of carbonyl (C=O) groups is 1. The third-order valence-corrected chi connectivity index (χ3v) is 4.13. The second-order valence-corrected chi connectivity index (χ2v) is 6.14. The van der Waals surface area contributed by atoms with Gasteiger partial charge in [0, 0.05) is 24.4 Å². The molecular formula is C21H21N3O2. The molecule has 2 aromatic carbocycles. The molecule has 3 aromatic rings. The lowest BCUT2D eigenvalue weighted by atomic mass is 10.1. The van der Waals surface area contributed by atoms with E-state index in [0.29, 0.717) is 12.4 Å². The lowest BCUT2D eigenvalue weighted by Gasteiger charge is -2.12. The van der Waals surface area contributed by atoms with Gasteiger partial charge < -0.3 is 5.32 Å². The first-order valence-electron chi connectivity index (χ1n) is 8.57. The predicted octanol–water partition coefficient (Wildman–Crippen LogP) is 2.58. The molecule has 0 aliphatic carbocycles. The Morgan fingerprint density at radius 3 is 2.50 bits per heavy atom. The number of hydrogen-bond donors (Lipinski definition) is 1. The van der Waals surface area contributed by atoms with Gasteiger partial charge in [0.05, 0.1) is 0 Å². The summed E-state index contributed by atoms with van der Waals surface area (Å²) in [6, 6.07) is 19.0. The zero-order valence-electron chi connectivity index (χ0n) is 14.7. The van der Waals surface area contributed by atoms with Crippen molar-refractivity contribution in [3.05, 3.63) is 88.3 Å². The van der Waals surface area contributed by atoms with Crippen LogP contribution in [0.15, 0.2) is 71.7 Å². The Morgan fingerprint density at radius 2 is 1.77 bits per heavy atom. The number of carbonyl (C=O) groups excluding carboxylic acids is 1. The smallest absolute Gasteiger partial charge is 0.254 e. The van der Waals surface area contributed by atoms with Gasteiger partial charge in [0.2, 0.25) is 5.91 Å². The topological polar surface area (TPSA) is 64.0 Å². The van der Waals surface area contributed by atoms with E-state index < -0.39 is 0 Å². The summed E-state index contributed by atoms with van der Waals surface area (Å²) in [6.45, 7) is 2.47. The van der Waals surface area contributed by atoms with Crippen LogP contribution in [0.4, 0.5) is 0 Å². The van der Waals surface area contributed by atoms with Gasteiger partial charge in [-0.2, -0.15) is 0 Å². The summed E-state index contributed by atoms with van der Waals surface area (Å²) in [6.07, 6.45) is 2.22. The van der Waals surface area contributed by atoms with Crippen LogP contribution in [0, 0.1) is 6.92 Å². The van der Waals surface area contributed by atoms with Crippen LogP contribution in [0.25, 0.3) is 11.4 Å². The highest BCUT2D eigenvalue weighted by Gasteiger charge is 2.11. The molecule has 5 heteroatoms. The Labute approximate surface area is 152 Å². The predicted molar refractivity (Wildman–Crippen MR) is 102 cm³/mol. The van der Waals surface area contributed by atoms with E-state index in [4.69, 9.17) is 0 Å². The Morgan fingerprint density at radius 1 is 1.04 bits per heavy atom. The van der Waals surface area contributed by atoms with E-state index in [-0.39, 0.29) is 18.0 Å². The number of aryl methyl sites for hydroxylation is 1. The summed E-state index contributed by atoms with van der Waals surface area (Å²) in [5, 5.41) is 2.87. The van der Waals surface area contributed by atoms with Crippen LogP contribution in [0.2, 0.25) is 0 Å². The molecule has 0 fully saturated rings. The number of rotatable bonds is 6. The van der Waals surface area contributed by atoms with Gasteiger partial charge >= 0.3 is 0 Å². The lowest BCUT2D eigenvalue weighted by molar-refractivity contribution is -0.121. The number of nitrogens with zero attached hydrogens (tertiary/aromatic N) is 2. The Kier molecular flexibility index (Phi) is 5.59. The van der Waals surface area contributed by atoms with Crippen LogP contribution in [0.1, 0.15) is 11.1 Å². The third kappa shape index (κ3) is 4.45. The molecule has 132 valence electrons. The van der Waals surface area contributed by atoms with E-state index in [0.717, 1.165) is 23.1 Å². The van der Waals surface area contributed by atoms with Crippen molar-refractivity contribution in [2.24, 2.45) is 0 Å². The molecule has 3 rings (SSSR count). The van der Waals surface area contributed by atoms with Crippen molar-refractivity contribution in [3.8, 4) is 11.4 Å². The minimum Gasteiger partial charge on any atom is -0.354 e. The van der Waals surface area contributed by atoms with Crippen LogP contribution < -0.4 is 10.9 Å². The largest absolute Gasteiger partial charge is 0.354 e. The van der Waals surface area contributed by atoms with Gasteiger partial charge in [-0.15, -0.1) is 0 Å². The molecular weight excluding hydrogens is 326 g/mol. The SMILES string of the molecule is Cc1ccc(-c2nccc(=O)n2CC(=O)NCCc2ccccc2)cc1. The van der Waals surface area contributed by atoms with Gasteiger partial charge in [-0.1, -0.05) is 60.2 Å². The zero-order chi connectivity index (χ0) is 18.4. The van der Waals surface area contributed by atoms with Crippen molar-refractivity contribution in [2.75, 3.05) is 6.54 Å².